The number of nitrogens with zero attached hydrogens (tertiary/aromatic N) is 1. The Morgan fingerprint density at radius 2 is 2.19 bits per heavy atom. The van der Waals surface area contributed by atoms with Crippen molar-refractivity contribution < 1.29 is 14.3 Å². The van der Waals surface area contributed by atoms with Crippen molar-refractivity contribution in [3.63, 3.8) is 0 Å². The zero-order valence-corrected chi connectivity index (χ0v) is 12.1. The Kier molecular flexibility index (Phi) is 3.17. The lowest BCUT2D eigenvalue weighted by Gasteiger charge is -2.31. The lowest BCUT2D eigenvalue weighted by Crippen LogP contribution is -2.41. The molecule has 1 amide bonds. The van der Waals surface area contributed by atoms with Crippen LogP contribution in [-0.2, 0) is 14.3 Å². The van der Waals surface area contributed by atoms with Gasteiger partial charge in [-0.25, -0.2) is 4.79 Å². The van der Waals surface area contributed by atoms with Gasteiger partial charge in [-0.3, -0.25) is 10.2 Å². The summed E-state index contributed by atoms with van der Waals surface area (Å²) >= 11 is 6.04. The highest BCUT2D eigenvalue weighted by Crippen LogP contribution is 2.39. The van der Waals surface area contributed by atoms with E-state index in [-0.39, 0.29) is 11.6 Å². The largest absolute Gasteiger partial charge is 0.466 e. The lowest BCUT2D eigenvalue weighted by atomic mass is 9.81. The first-order valence-corrected chi connectivity index (χ1v) is 6.64. The molecular formula is C14H12ClN3O3. The van der Waals surface area contributed by atoms with Crippen molar-refractivity contribution >= 4 is 34.9 Å². The van der Waals surface area contributed by atoms with Crippen LogP contribution in [0.4, 0.5) is 5.69 Å². The Bertz CT molecular complexity index is 724. The van der Waals surface area contributed by atoms with Crippen LogP contribution in [0.25, 0.3) is 0 Å². The second kappa shape index (κ2) is 4.89. The zero-order chi connectivity index (χ0) is 15.1. The Balaban J connectivity index is 2.23. The number of methoxy groups -OCH3 is 1. The van der Waals surface area contributed by atoms with Gasteiger partial charge in [0.25, 0.3) is 5.91 Å². The number of ether oxygens (including phenoxy) is 1. The van der Waals surface area contributed by atoms with Gasteiger partial charge in [0.15, 0.2) is 0 Å². The van der Waals surface area contributed by atoms with Gasteiger partial charge in [-0.1, -0.05) is 11.6 Å². The fourth-order valence-corrected chi connectivity index (χ4v) is 2.74. The van der Waals surface area contributed by atoms with E-state index in [9.17, 15) is 9.59 Å². The first kappa shape index (κ1) is 13.6. The number of anilines is 1. The number of carbonyl (C=O) groups is 2. The molecule has 0 aliphatic carbocycles. The highest BCUT2D eigenvalue weighted by molar-refractivity contribution is 6.48. The van der Waals surface area contributed by atoms with Gasteiger partial charge in [-0.05, 0) is 30.7 Å². The van der Waals surface area contributed by atoms with E-state index >= 15 is 0 Å². The molecule has 0 spiro atoms. The minimum absolute atomic E-state index is 0.218. The summed E-state index contributed by atoms with van der Waals surface area (Å²) in [6.07, 6.45) is 0. The van der Waals surface area contributed by atoms with Crippen molar-refractivity contribution in [1.29, 1.82) is 0 Å². The third kappa shape index (κ3) is 2.08. The summed E-state index contributed by atoms with van der Waals surface area (Å²) in [7, 11) is 1.30. The second-order valence-corrected chi connectivity index (χ2v) is 5.19. The number of halogens is 1. The number of hydrogen-bond donors (Lipinski definition) is 2. The standard InChI is InChI=1S/C14H12ClN3O3/c1-6-10(14(20)21-2)11-8-5-7(15)3-4-9(8)16-13(19)12(11)18-17-6/h3-5,11,17H,1-2H3,(H,16,19). The summed E-state index contributed by atoms with van der Waals surface area (Å²) in [6, 6.07) is 5.11. The van der Waals surface area contributed by atoms with Gasteiger partial charge >= 0.3 is 5.97 Å². The van der Waals surface area contributed by atoms with Gasteiger partial charge in [0.05, 0.1) is 18.6 Å². The normalized spacial score (nSPS) is 19.9. The fourth-order valence-electron chi connectivity index (χ4n) is 2.56. The average Bonchev–Trinajstić information content (AvgIpc) is 2.47. The molecule has 1 aromatic rings. The van der Waals surface area contributed by atoms with Crippen LogP contribution in [0.15, 0.2) is 34.6 Å². The molecule has 2 aliphatic heterocycles. The van der Waals surface area contributed by atoms with Crippen molar-refractivity contribution in [2.75, 3.05) is 12.4 Å². The average molecular weight is 306 g/mol. The molecular weight excluding hydrogens is 294 g/mol. The summed E-state index contributed by atoms with van der Waals surface area (Å²) < 4.78 is 4.83. The maximum absolute atomic E-state index is 12.1. The van der Waals surface area contributed by atoms with Gasteiger partial charge in [0, 0.05) is 16.4 Å². The molecule has 1 aromatic carbocycles. The Labute approximate surface area is 125 Å². The van der Waals surface area contributed by atoms with Crippen LogP contribution in [0.5, 0.6) is 0 Å². The molecule has 1 unspecified atom stereocenters. The van der Waals surface area contributed by atoms with E-state index in [1.54, 1.807) is 25.1 Å². The highest BCUT2D eigenvalue weighted by Gasteiger charge is 2.40. The van der Waals surface area contributed by atoms with Crippen molar-refractivity contribution in [2.45, 2.75) is 12.8 Å². The third-order valence-electron chi connectivity index (χ3n) is 3.52. The van der Waals surface area contributed by atoms with Gasteiger partial charge < -0.3 is 10.1 Å². The monoisotopic (exact) mass is 305 g/mol. The number of carbonyl (C=O) groups excluding carboxylic acids is 2. The maximum Gasteiger partial charge on any atom is 0.336 e. The van der Waals surface area contributed by atoms with Crippen molar-refractivity contribution in [1.82, 2.24) is 5.43 Å². The van der Waals surface area contributed by atoms with E-state index < -0.39 is 11.9 Å². The van der Waals surface area contributed by atoms with Crippen LogP contribution in [0.3, 0.4) is 0 Å². The number of amides is 1. The minimum Gasteiger partial charge on any atom is -0.466 e. The first-order chi connectivity index (χ1) is 10.0. The number of hydrogen-bond acceptors (Lipinski definition) is 5. The number of esters is 1. The molecule has 3 rings (SSSR count). The van der Waals surface area contributed by atoms with Gasteiger partial charge in [0.2, 0.25) is 0 Å². The molecule has 6 nitrogen and oxygen atoms in total. The molecule has 2 aliphatic rings. The quantitative estimate of drug-likeness (QED) is 0.775. The van der Waals surface area contributed by atoms with Gasteiger partial charge in [-0.2, -0.15) is 5.10 Å². The smallest absolute Gasteiger partial charge is 0.336 e. The molecule has 2 heterocycles. The van der Waals surface area contributed by atoms with Crippen molar-refractivity contribution in [3.05, 3.63) is 40.1 Å². The number of rotatable bonds is 1. The van der Waals surface area contributed by atoms with Gasteiger partial charge in [0.1, 0.15) is 5.71 Å². The van der Waals surface area contributed by atoms with Crippen molar-refractivity contribution in [2.24, 2.45) is 5.10 Å². The molecule has 0 aromatic heterocycles. The van der Waals surface area contributed by atoms with Crippen molar-refractivity contribution in [3.8, 4) is 0 Å². The first-order valence-electron chi connectivity index (χ1n) is 6.26. The van der Waals surface area contributed by atoms with Crippen LogP contribution >= 0.6 is 11.6 Å². The maximum atomic E-state index is 12.1. The van der Waals surface area contributed by atoms with E-state index in [1.807, 2.05) is 0 Å². The Morgan fingerprint density at radius 3 is 2.90 bits per heavy atom. The van der Waals surface area contributed by atoms with Crippen LogP contribution in [0.1, 0.15) is 18.4 Å². The molecule has 108 valence electrons. The number of benzene rings is 1. The summed E-state index contributed by atoms with van der Waals surface area (Å²) in [5.74, 6) is -1.43. The lowest BCUT2D eigenvalue weighted by molar-refractivity contribution is -0.136. The summed E-state index contributed by atoms with van der Waals surface area (Å²) in [5.41, 5.74) is 5.17. The molecule has 21 heavy (non-hydrogen) atoms. The van der Waals surface area contributed by atoms with E-state index in [1.165, 1.54) is 7.11 Å². The van der Waals surface area contributed by atoms with E-state index in [0.29, 0.717) is 22.0 Å². The SMILES string of the molecule is COC(=O)C1=C(C)NN=C2C(=O)Nc3ccc(Cl)cc3C21. The van der Waals surface area contributed by atoms with E-state index in [2.05, 4.69) is 15.8 Å². The van der Waals surface area contributed by atoms with E-state index in [0.717, 1.165) is 5.56 Å². The molecule has 7 heteroatoms. The molecule has 0 saturated heterocycles. The molecule has 2 N–H and O–H groups in total. The van der Waals surface area contributed by atoms with Crippen LogP contribution in [-0.4, -0.2) is 24.7 Å². The number of hydrazone groups is 1. The summed E-state index contributed by atoms with van der Waals surface area (Å²) in [6.45, 7) is 1.71. The number of fused-ring (bicyclic) bond motifs is 3. The Morgan fingerprint density at radius 1 is 1.43 bits per heavy atom. The minimum atomic E-state index is -0.582. The molecule has 0 fully saturated rings. The van der Waals surface area contributed by atoms with Crippen LogP contribution < -0.4 is 10.7 Å². The topological polar surface area (TPSA) is 79.8 Å². The number of allylic oxidation sites excluding steroid dienone is 1. The van der Waals surface area contributed by atoms with Crippen LogP contribution in [0, 0.1) is 0 Å². The molecule has 0 bridgehead atoms. The second-order valence-electron chi connectivity index (χ2n) is 4.76. The highest BCUT2D eigenvalue weighted by atomic mass is 35.5. The molecule has 0 radical (unpaired) electrons. The number of nitrogens with one attached hydrogen (secondary N) is 2. The summed E-state index contributed by atoms with van der Waals surface area (Å²) in [4.78, 5) is 24.2. The van der Waals surface area contributed by atoms with Gasteiger partial charge in [-0.15, -0.1) is 0 Å². The zero-order valence-electron chi connectivity index (χ0n) is 11.4. The summed E-state index contributed by atoms with van der Waals surface area (Å²) in [5, 5.41) is 7.31. The predicted octanol–water partition coefficient (Wildman–Crippen LogP) is 1.78. The third-order valence-corrected chi connectivity index (χ3v) is 3.76. The fraction of sp³-hybridized carbons (Fsp3) is 0.214. The Hall–Kier alpha value is -2.34. The van der Waals surface area contributed by atoms with E-state index in [4.69, 9.17) is 16.3 Å². The van der Waals surface area contributed by atoms with Crippen LogP contribution in [0.2, 0.25) is 5.02 Å². The molecule has 0 saturated carbocycles. The predicted molar refractivity (Wildman–Crippen MR) is 78.1 cm³/mol. The molecule has 1 atom stereocenters.